The highest BCUT2D eigenvalue weighted by molar-refractivity contribution is 5.81. The molecule has 0 spiro atoms. The lowest BCUT2D eigenvalue weighted by molar-refractivity contribution is 0.318. The van der Waals surface area contributed by atoms with Crippen LogP contribution in [0.5, 0.6) is 0 Å². The molecule has 1 fully saturated rings. The molecule has 0 radical (unpaired) electrons. The van der Waals surface area contributed by atoms with Crippen LogP contribution in [-0.4, -0.2) is 12.0 Å². The number of hydrogen-bond acceptors (Lipinski definition) is 2. The number of benzene rings is 1. The third-order valence-corrected chi connectivity index (χ3v) is 4.98. The highest BCUT2D eigenvalue weighted by Gasteiger charge is 2.18. The Kier molecular flexibility index (Phi) is 4.87. The quantitative estimate of drug-likeness (QED) is 0.847. The van der Waals surface area contributed by atoms with Crippen molar-refractivity contribution in [2.75, 3.05) is 7.05 Å². The van der Waals surface area contributed by atoms with E-state index in [1.807, 2.05) is 12.3 Å². The third-order valence-electron chi connectivity index (χ3n) is 4.98. The number of fused-ring (bicyclic) bond motifs is 1. The van der Waals surface area contributed by atoms with Crippen LogP contribution in [0.25, 0.3) is 10.9 Å². The first-order valence-electron chi connectivity index (χ1n) is 8.39. The van der Waals surface area contributed by atoms with Gasteiger partial charge in [0.05, 0.1) is 5.52 Å². The van der Waals surface area contributed by atoms with E-state index in [2.05, 4.69) is 41.6 Å². The van der Waals surface area contributed by atoms with E-state index in [9.17, 15) is 0 Å². The molecule has 1 heterocycles. The SMILES string of the molecule is CNC(CCC1CCCCC1)c1cccc2cccnc12. The summed E-state index contributed by atoms with van der Waals surface area (Å²) in [5, 5.41) is 4.75. The molecule has 0 bridgehead atoms. The normalized spacial score (nSPS) is 18.0. The summed E-state index contributed by atoms with van der Waals surface area (Å²) in [5.74, 6) is 0.942. The minimum Gasteiger partial charge on any atom is -0.313 e. The van der Waals surface area contributed by atoms with Crippen molar-refractivity contribution in [3.05, 3.63) is 42.1 Å². The molecule has 1 unspecified atom stereocenters. The molecule has 2 heteroatoms. The Morgan fingerprint density at radius 2 is 1.95 bits per heavy atom. The lowest BCUT2D eigenvalue weighted by Crippen LogP contribution is -2.19. The van der Waals surface area contributed by atoms with Gasteiger partial charge in [-0.25, -0.2) is 0 Å². The van der Waals surface area contributed by atoms with E-state index >= 15 is 0 Å². The molecule has 21 heavy (non-hydrogen) atoms. The van der Waals surface area contributed by atoms with Crippen LogP contribution in [0.1, 0.15) is 56.6 Å². The van der Waals surface area contributed by atoms with E-state index in [0.717, 1.165) is 11.4 Å². The minimum atomic E-state index is 0.422. The van der Waals surface area contributed by atoms with Crippen LogP contribution in [0.3, 0.4) is 0 Å². The number of nitrogens with one attached hydrogen (secondary N) is 1. The minimum absolute atomic E-state index is 0.422. The summed E-state index contributed by atoms with van der Waals surface area (Å²) in [4.78, 5) is 4.60. The topological polar surface area (TPSA) is 24.9 Å². The van der Waals surface area contributed by atoms with Gasteiger partial charge in [0.25, 0.3) is 0 Å². The van der Waals surface area contributed by atoms with Crippen LogP contribution in [-0.2, 0) is 0 Å². The second kappa shape index (κ2) is 7.04. The van der Waals surface area contributed by atoms with E-state index in [0.29, 0.717) is 6.04 Å². The molecule has 0 amide bonds. The molecule has 1 aliphatic rings. The molecule has 3 rings (SSSR count). The van der Waals surface area contributed by atoms with Crippen LogP contribution in [0.2, 0.25) is 0 Å². The summed E-state index contributed by atoms with van der Waals surface area (Å²) >= 11 is 0. The van der Waals surface area contributed by atoms with E-state index in [1.54, 1.807) is 0 Å². The molecular weight excluding hydrogens is 256 g/mol. The first kappa shape index (κ1) is 14.5. The van der Waals surface area contributed by atoms with Gasteiger partial charge in [-0.2, -0.15) is 0 Å². The first-order valence-corrected chi connectivity index (χ1v) is 8.39. The fourth-order valence-corrected chi connectivity index (χ4v) is 3.74. The Bertz CT molecular complexity index is 567. The fourth-order valence-electron chi connectivity index (χ4n) is 3.74. The van der Waals surface area contributed by atoms with Gasteiger partial charge < -0.3 is 5.32 Å². The van der Waals surface area contributed by atoms with Crippen molar-refractivity contribution >= 4 is 10.9 Å². The number of pyridine rings is 1. The van der Waals surface area contributed by atoms with Crippen molar-refractivity contribution in [1.29, 1.82) is 0 Å². The largest absolute Gasteiger partial charge is 0.313 e. The number of para-hydroxylation sites is 1. The van der Waals surface area contributed by atoms with Gasteiger partial charge in [-0.3, -0.25) is 4.98 Å². The molecule has 1 aromatic carbocycles. The van der Waals surface area contributed by atoms with Crippen LogP contribution < -0.4 is 5.32 Å². The summed E-state index contributed by atoms with van der Waals surface area (Å²) in [6.45, 7) is 0. The highest BCUT2D eigenvalue weighted by atomic mass is 14.9. The monoisotopic (exact) mass is 282 g/mol. The lowest BCUT2D eigenvalue weighted by atomic mass is 9.84. The van der Waals surface area contributed by atoms with Crippen LogP contribution in [0, 0.1) is 5.92 Å². The molecule has 0 aliphatic heterocycles. The maximum Gasteiger partial charge on any atom is 0.0749 e. The number of aromatic nitrogens is 1. The zero-order valence-electron chi connectivity index (χ0n) is 13.0. The molecule has 1 saturated carbocycles. The molecule has 1 aliphatic carbocycles. The van der Waals surface area contributed by atoms with E-state index in [-0.39, 0.29) is 0 Å². The predicted molar refractivity (Wildman–Crippen MR) is 89.4 cm³/mol. The van der Waals surface area contributed by atoms with Gasteiger partial charge in [0.2, 0.25) is 0 Å². The smallest absolute Gasteiger partial charge is 0.0749 e. The second-order valence-electron chi connectivity index (χ2n) is 6.35. The zero-order valence-corrected chi connectivity index (χ0v) is 13.0. The molecule has 1 aromatic heterocycles. The summed E-state index contributed by atoms with van der Waals surface area (Å²) < 4.78 is 0. The summed E-state index contributed by atoms with van der Waals surface area (Å²) in [6, 6.07) is 11.1. The molecule has 2 aromatic rings. The number of nitrogens with zero attached hydrogens (tertiary/aromatic N) is 1. The van der Waals surface area contributed by atoms with Gasteiger partial charge in [0.15, 0.2) is 0 Å². The summed E-state index contributed by atoms with van der Waals surface area (Å²) in [7, 11) is 2.08. The van der Waals surface area contributed by atoms with Crippen molar-refractivity contribution in [3.8, 4) is 0 Å². The van der Waals surface area contributed by atoms with E-state index in [4.69, 9.17) is 0 Å². The number of rotatable bonds is 5. The average Bonchev–Trinajstić information content (AvgIpc) is 2.56. The number of hydrogen-bond donors (Lipinski definition) is 1. The Labute approximate surface area is 128 Å². The summed E-state index contributed by atoms with van der Waals surface area (Å²) in [5.41, 5.74) is 2.51. The van der Waals surface area contributed by atoms with Crippen molar-refractivity contribution in [2.45, 2.75) is 51.0 Å². The predicted octanol–water partition coefficient (Wildman–Crippen LogP) is 4.86. The molecule has 112 valence electrons. The Balaban J connectivity index is 1.75. The van der Waals surface area contributed by atoms with Gasteiger partial charge in [-0.1, -0.05) is 56.4 Å². The fraction of sp³-hybridized carbons (Fsp3) is 0.526. The molecule has 0 saturated heterocycles. The molecule has 2 nitrogen and oxygen atoms in total. The van der Waals surface area contributed by atoms with Crippen molar-refractivity contribution in [2.24, 2.45) is 5.92 Å². The van der Waals surface area contributed by atoms with Crippen molar-refractivity contribution in [3.63, 3.8) is 0 Å². The third kappa shape index (κ3) is 3.44. The molecule has 1 atom stereocenters. The van der Waals surface area contributed by atoms with Crippen LogP contribution in [0.15, 0.2) is 36.5 Å². The highest BCUT2D eigenvalue weighted by Crippen LogP contribution is 2.31. The molecular formula is C19H26N2. The van der Waals surface area contributed by atoms with Crippen LogP contribution >= 0.6 is 0 Å². The van der Waals surface area contributed by atoms with Gasteiger partial charge in [-0.05, 0) is 37.4 Å². The lowest BCUT2D eigenvalue weighted by Gasteiger charge is -2.24. The summed E-state index contributed by atoms with van der Waals surface area (Å²) in [6.07, 6.45) is 11.6. The van der Waals surface area contributed by atoms with Gasteiger partial charge in [-0.15, -0.1) is 0 Å². The standard InChI is InChI=1S/C19H26N2/c1-20-18(13-12-15-7-3-2-4-8-15)17-11-5-9-16-10-6-14-21-19(16)17/h5-6,9-11,14-15,18,20H,2-4,7-8,12-13H2,1H3. The van der Waals surface area contributed by atoms with Crippen LogP contribution in [0.4, 0.5) is 0 Å². The Morgan fingerprint density at radius 3 is 2.76 bits per heavy atom. The van der Waals surface area contributed by atoms with Gasteiger partial charge in [0, 0.05) is 17.6 Å². The van der Waals surface area contributed by atoms with E-state index < -0.39 is 0 Å². The Morgan fingerprint density at radius 1 is 1.14 bits per heavy atom. The molecule has 1 N–H and O–H groups in total. The van der Waals surface area contributed by atoms with E-state index in [1.165, 1.54) is 55.9 Å². The zero-order chi connectivity index (χ0) is 14.5. The van der Waals surface area contributed by atoms with Gasteiger partial charge in [0.1, 0.15) is 0 Å². The first-order chi connectivity index (χ1) is 10.4. The average molecular weight is 282 g/mol. The van der Waals surface area contributed by atoms with Crippen molar-refractivity contribution in [1.82, 2.24) is 10.3 Å². The second-order valence-corrected chi connectivity index (χ2v) is 6.35. The maximum atomic E-state index is 4.60. The van der Waals surface area contributed by atoms with Crippen molar-refractivity contribution < 1.29 is 0 Å². The maximum absolute atomic E-state index is 4.60. The van der Waals surface area contributed by atoms with Gasteiger partial charge >= 0.3 is 0 Å². The Hall–Kier alpha value is -1.41.